The number of anilines is 3. The molecule has 0 saturated heterocycles. The molecule has 0 aliphatic carbocycles. The van der Waals surface area contributed by atoms with Crippen LogP contribution in [0.4, 0.5) is 17.3 Å². The van der Waals surface area contributed by atoms with Crippen LogP contribution in [0.15, 0.2) is 54.6 Å². The molecule has 0 radical (unpaired) electrons. The molecule has 0 spiro atoms. The van der Waals surface area contributed by atoms with Gasteiger partial charge in [0.2, 0.25) is 0 Å². The fraction of sp³-hybridized carbons (Fsp3) is 0.273. The van der Waals surface area contributed by atoms with Gasteiger partial charge < -0.3 is 20.1 Å². The number of methoxy groups -OCH3 is 2. The lowest BCUT2D eigenvalue weighted by Crippen LogP contribution is -2.07. The Morgan fingerprint density at radius 3 is 2.36 bits per heavy atom. The third-order valence-corrected chi connectivity index (χ3v) is 4.29. The number of rotatable bonds is 9. The number of aryl methyl sites for hydroxylation is 2. The number of nitrogens with zero attached hydrogens (tertiary/aromatic N) is 2. The van der Waals surface area contributed by atoms with Crippen LogP contribution in [0.1, 0.15) is 17.8 Å². The molecule has 3 aromatic rings. The molecule has 3 rings (SSSR count). The van der Waals surface area contributed by atoms with Crippen LogP contribution in [-0.2, 0) is 6.42 Å². The zero-order chi connectivity index (χ0) is 19.8. The molecule has 1 heterocycles. The molecule has 1 aromatic heterocycles. The summed E-state index contributed by atoms with van der Waals surface area (Å²) in [7, 11) is 3.24. The Bertz CT molecular complexity index is 900. The smallest absolute Gasteiger partial charge is 0.162 e. The molecule has 0 aliphatic heterocycles. The van der Waals surface area contributed by atoms with Crippen molar-refractivity contribution >= 4 is 17.3 Å². The standard InChI is InChI=1S/C22H26N4O2/c1-16-24-21(23-13-7-10-17-8-5-4-6-9-17)15-22(25-16)26-18-11-12-19(27-2)20(14-18)28-3/h4-6,8-9,11-12,14-15H,7,10,13H2,1-3H3,(H2,23,24,25,26). The Hall–Kier alpha value is -3.28. The van der Waals surface area contributed by atoms with Gasteiger partial charge in [0.15, 0.2) is 11.5 Å². The van der Waals surface area contributed by atoms with Crippen molar-refractivity contribution in [3.63, 3.8) is 0 Å². The van der Waals surface area contributed by atoms with Gasteiger partial charge in [0.25, 0.3) is 0 Å². The van der Waals surface area contributed by atoms with Gasteiger partial charge in [-0.05, 0) is 37.5 Å². The highest BCUT2D eigenvalue weighted by molar-refractivity contribution is 5.63. The maximum absolute atomic E-state index is 5.35. The molecule has 0 fully saturated rings. The van der Waals surface area contributed by atoms with Crippen LogP contribution >= 0.6 is 0 Å². The molecule has 146 valence electrons. The van der Waals surface area contributed by atoms with Crippen molar-refractivity contribution in [3.8, 4) is 11.5 Å². The molecule has 2 N–H and O–H groups in total. The average Bonchev–Trinajstić information content (AvgIpc) is 2.71. The number of benzene rings is 2. The highest BCUT2D eigenvalue weighted by atomic mass is 16.5. The van der Waals surface area contributed by atoms with Gasteiger partial charge in [-0.2, -0.15) is 0 Å². The lowest BCUT2D eigenvalue weighted by Gasteiger charge is -2.12. The van der Waals surface area contributed by atoms with Crippen molar-refractivity contribution in [2.24, 2.45) is 0 Å². The molecule has 6 nitrogen and oxygen atoms in total. The van der Waals surface area contributed by atoms with E-state index in [1.165, 1.54) is 5.56 Å². The monoisotopic (exact) mass is 378 g/mol. The fourth-order valence-electron chi connectivity index (χ4n) is 2.94. The van der Waals surface area contributed by atoms with Gasteiger partial charge >= 0.3 is 0 Å². The first kappa shape index (κ1) is 19.5. The van der Waals surface area contributed by atoms with Gasteiger partial charge in [0, 0.05) is 24.4 Å². The summed E-state index contributed by atoms with van der Waals surface area (Å²) in [6, 6.07) is 18.1. The molecule has 0 saturated carbocycles. The second kappa shape index (κ2) is 9.60. The van der Waals surface area contributed by atoms with Gasteiger partial charge in [-0.15, -0.1) is 0 Å². The van der Waals surface area contributed by atoms with Crippen molar-refractivity contribution in [1.82, 2.24) is 9.97 Å². The normalized spacial score (nSPS) is 10.4. The van der Waals surface area contributed by atoms with E-state index in [2.05, 4.69) is 44.9 Å². The topological polar surface area (TPSA) is 68.3 Å². The van der Waals surface area contributed by atoms with E-state index >= 15 is 0 Å². The summed E-state index contributed by atoms with van der Waals surface area (Å²) in [5.41, 5.74) is 2.21. The number of ether oxygens (including phenoxy) is 2. The van der Waals surface area contributed by atoms with Crippen LogP contribution in [0.3, 0.4) is 0 Å². The molecule has 28 heavy (non-hydrogen) atoms. The van der Waals surface area contributed by atoms with Gasteiger partial charge in [-0.1, -0.05) is 30.3 Å². The largest absolute Gasteiger partial charge is 0.493 e. The minimum atomic E-state index is 0.664. The Morgan fingerprint density at radius 2 is 1.61 bits per heavy atom. The Kier molecular flexibility index (Phi) is 6.68. The van der Waals surface area contributed by atoms with Crippen molar-refractivity contribution in [2.75, 3.05) is 31.4 Å². The maximum Gasteiger partial charge on any atom is 0.162 e. The molecule has 2 aromatic carbocycles. The summed E-state index contributed by atoms with van der Waals surface area (Å²) in [4.78, 5) is 8.94. The van der Waals surface area contributed by atoms with Crippen molar-refractivity contribution in [1.29, 1.82) is 0 Å². The number of nitrogens with one attached hydrogen (secondary N) is 2. The van der Waals surface area contributed by atoms with Gasteiger partial charge in [-0.25, -0.2) is 9.97 Å². The average molecular weight is 378 g/mol. The quantitative estimate of drug-likeness (QED) is 0.531. The van der Waals surface area contributed by atoms with Crippen LogP contribution in [0, 0.1) is 6.92 Å². The van der Waals surface area contributed by atoms with E-state index in [4.69, 9.17) is 9.47 Å². The SMILES string of the molecule is COc1ccc(Nc2cc(NCCCc3ccccc3)nc(C)n2)cc1OC. The summed E-state index contributed by atoms with van der Waals surface area (Å²) in [5.74, 6) is 3.59. The van der Waals surface area contributed by atoms with Crippen LogP contribution in [0.25, 0.3) is 0 Å². The molecule has 0 aliphatic rings. The number of aromatic nitrogens is 2. The minimum absolute atomic E-state index is 0.664. The Morgan fingerprint density at radius 1 is 0.857 bits per heavy atom. The highest BCUT2D eigenvalue weighted by Crippen LogP contribution is 2.31. The predicted molar refractivity (Wildman–Crippen MR) is 113 cm³/mol. The zero-order valence-electron chi connectivity index (χ0n) is 16.5. The first-order chi connectivity index (χ1) is 13.7. The summed E-state index contributed by atoms with van der Waals surface area (Å²) in [5, 5.41) is 6.69. The molecular weight excluding hydrogens is 352 g/mol. The van der Waals surface area contributed by atoms with Crippen molar-refractivity contribution in [2.45, 2.75) is 19.8 Å². The number of hydrogen-bond acceptors (Lipinski definition) is 6. The number of hydrogen-bond donors (Lipinski definition) is 2. The van der Waals surface area contributed by atoms with E-state index in [1.807, 2.05) is 37.3 Å². The summed E-state index contributed by atoms with van der Waals surface area (Å²) in [6.45, 7) is 2.73. The minimum Gasteiger partial charge on any atom is -0.493 e. The maximum atomic E-state index is 5.35. The van der Waals surface area contributed by atoms with E-state index in [1.54, 1.807) is 14.2 Å². The lowest BCUT2D eigenvalue weighted by atomic mass is 10.1. The van der Waals surface area contributed by atoms with Gasteiger partial charge in [-0.3, -0.25) is 0 Å². The summed E-state index contributed by atoms with van der Waals surface area (Å²) < 4.78 is 10.6. The van der Waals surface area contributed by atoms with Crippen LogP contribution in [0.5, 0.6) is 11.5 Å². The van der Waals surface area contributed by atoms with Crippen LogP contribution in [-0.4, -0.2) is 30.7 Å². The molecule has 0 atom stereocenters. The third kappa shape index (κ3) is 5.36. The van der Waals surface area contributed by atoms with Crippen LogP contribution < -0.4 is 20.1 Å². The van der Waals surface area contributed by atoms with E-state index < -0.39 is 0 Å². The zero-order valence-corrected chi connectivity index (χ0v) is 16.5. The third-order valence-electron chi connectivity index (χ3n) is 4.29. The molecule has 6 heteroatoms. The molecular formula is C22H26N4O2. The lowest BCUT2D eigenvalue weighted by molar-refractivity contribution is 0.355. The molecule has 0 amide bonds. The van der Waals surface area contributed by atoms with E-state index in [0.29, 0.717) is 17.3 Å². The predicted octanol–water partition coefficient (Wildman–Crippen LogP) is 4.59. The summed E-state index contributed by atoms with van der Waals surface area (Å²) >= 11 is 0. The second-order valence-corrected chi connectivity index (χ2v) is 6.40. The van der Waals surface area contributed by atoms with E-state index in [-0.39, 0.29) is 0 Å². The highest BCUT2D eigenvalue weighted by Gasteiger charge is 2.07. The fourth-order valence-corrected chi connectivity index (χ4v) is 2.94. The Labute approximate surface area is 166 Å². The van der Waals surface area contributed by atoms with E-state index in [9.17, 15) is 0 Å². The molecule has 0 bridgehead atoms. The second-order valence-electron chi connectivity index (χ2n) is 6.40. The van der Waals surface area contributed by atoms with E-state index in [0.717, 1.165) is 36.7 Å². The van der Waals surface area contributed by atoms with Crippen LogP contribution in [0.2, 0.25) is 0 Å². The first-order valence-electron chi connectivity index (χ1n) is 9.30. The van der Waals surface area contributed by atoms with Gasteiger partial charge in [0.05, 0.1) is 14.2 Å². The Balaban J connectivity index is 1.61. The molecule has 0 unspecified atom stereocenters. The summed E-state index contributed by atoms with van der Waals surface area (Å²) in [6.07, 6.45) is 2.07. The van der Waals surface area contributed by atoms with Crippen molar-refractivity contribution < 1.29 is 9.47 Å². The first-order valence-corrected chi connectivity index (χ1v) is 9.30. The van der Waals surface area contributed by atoms with Crippen molar-refractivity contribution in [3.05, 3.63) is 66.0 Å². The van der Waals surface area contributed by atoms with Gasteiger partial charge in [0.1, 0.15) is 17.5 Å².